The minimum atomic E-state index is -5.06. The second-order valence-electron chi connectivity index (χ2n) is 5.53. The van der Waals surface area contributed by atoms with Crippen molar-refractivity contribution >= 4 is 17.3 Å². The lowest BCUT2D eigenvalue weighted by molar-refractivity contribution is -0.143. The summed E-state index contributed by atoms with van der Waals surface area (Å²) in [6.45, 7) is -0.481. The van der Waals surface area contributed by atoms with Gasteiger partial charge in [0.15, 0.2) is 5.76 Å². The Balaban J connectivity index is 1.78. The summed E-state index contributed by atoms with van der Waals surface area (Å²) in [5, 5.41) is 5.44. The molecule has 3 rings (SSSR count). The summed E-state index contributed by atoms with van der Waals surface area (Å²) in [5.74, 6) is -0.961. The van der Waals surface area contributed by atoms with Crippen molar-refractivity contribution in [3.05, 3.63) is 64.2 Å². The van der Waals surface area contributed by atoms with E-state index in [0.717, 1.165) is 4.88 Å². The number of hydrogen-bond acceptors (Lipinski definition) is 5. The van der Waals surface area contributed by atoms with E-state index in [-0.39, 0.29) is 11.8 Å². The van der Waals surface area contributed by atoms with Gasteiger partial charge in [0, 0.05) is 6.07 Å². The van der Waals surface area contributed by atoms with Crippen LogP contribution < -0.4 is 0 Å². The smallest absolute Gasteiger partial charge is 0.416 e. The summed E-state index contributed by atoms with van der Waals surface area (Å²) in [7, 11) is 0. The molecule has 0 spiro atoms. The third-order valence-electron chi connectivity index (χ3n) is 3.50. The average molecular weight is 421 g/mol. The van der Waals surface area contributed by atoms with Gasteiger partial charge in [0.25, 0.3) is 0 Å². The molecule has 0 bridgehead atoms. The van der Waals surface area contributed by atoms with Gasteiger partial charge in [-0.2, -0.15) is 26.3 Å². The van der Waals surface area contributed by atoms with Crippen LogP contribution >= 0.6 is 11.3 Å². The van der Waals surface area contributed by atoms with Crippen LogP contribution in [-0.4, -0.2) is 11.1 Å². The van der Waals surface area contributed by atoms with Gasteiger partial charge in [-0.1, -0.05) is 11.2 Å². The molecule has 11 heteroatoms. The van der Waals surface area contributed by atoms with Crippen LogP contribution in [0, 0.1) is 0 Å². The minimum Gasteiger partial charge on any atom is -0.455 e. The molecule has 3 aromatic rings. The fourth-order valence-electron chi connectivity index (χ4n) is 2.21. The highest BCUT2D eigenvalue weighted by atomic mass is 32.1. The van der Waals surface area contributed by atoms with Gasteiger partial charge in [0.2, 0.25) is 0 Å². The number of benzene rings is 1. The van der Waals surface area contributed by atoms with E-state index in [2.05, 4.69) is 5.16 Å². The summed E-state index contributed by atoms with van der Waals surface area (Å²) in [6, 6.07) is 5.51. The fourth-order valence-corrected chi connectivity index (χ4v) is 2.88. The van der Waals surface area contributed by atoms with Crippen LogP contribution in [-0.2, 0) is 23.7 Å². The number of esters is 1. The molecular formula is C17H9F6NO3S. The number of thiophene rings is 1. The predicted molar refractivity (Wildman–Crippen MR) is 85.4 cm³/mol. The molecular weight excluding hydrogens is 412 g/mol. The molecule has 0 aliphatic rings. The molecule has 1 aromatic carbocycles. The van der Waals surface area contributed by atoms with Gasteiger partial charge in [-0.3, -0.25) is 0 Å². The van der Waals surface area contributed by atoms with Gasteiger partial charge in [-0.25, -0.2) is 4.79 Å². The number of ether oxygens (including phenoxy) is 1. The zero-order chi connectivity index (χ0) is 20.5. The van der Waals surface area contributed by atoms with E-state index in [1.807, 2.05) is 0 Å². The minimum absolute atomic E-state index is 0.0677. The van der Waals surface area contributed by atoms with Gasteiger partial charge in [-0.05, 0) is 29.6 Å². The molecule has 0 N–H and O–H groups in total. The molecule has 148 valence electrons. The Bertz CT molecular complexity index is 943. The summed E-state index contributed by atoms with van der Waals surface area (Å²) in [5.41, 5.74) is -3.92. The Morgan fingerprint density at radius 3 is 2.21 bits per heavy atom. The molecule has 0 aliphatic heterocycles. The molecule has 2 aromatic heterocycles. The molecule has 0 aliphatic carbocycles. The highest BCUT2D eigenvalue weighted by molar-refractivity contribution is 7.13. The van der Waals surface area contributed by atoms with Crippen molar-refractivity contribution in [3.8, 4) is 10.6 Å². The summed E-state index contributed by atoms with van der Waals surface area (Å²) >= 11 is 1.36. The second-order valence-corrected chi connectivity index (χ2v) is 6.48. The van der Waals surface area contributed by atoms with Crippen molar-refractivity contribution in [2.24, 2.45) is 0 Å². The van der Waals surface area contributed by atoms with Crippen LogP contribution in [0.2, 0.25) is 0 Å². The maximum atomic E-state index is 12.8. The lowest BCUT2D eigenvalue weighted by atomic mass is 10.0. The summed E-state index contributed by atoms with van der Waals surface area (Å²) in [6.07, 6.45) is -10.1. The maximum absolute atomic E-state index is 12.8. The summed E-state index contributed by atoms with van der Waals surface area (Å²) in [4.78, 5) is 12.7. The average Bonchev–Trinajstić information content (AvgIpc) is 3.29. The third kappa shape index (κ3) is 4.53. The highest BCUT2D eigenvalue weighted by Crippen LogP contribution is 2.36. The standard InChI is InChI=1S/C17H9F6NO3S/c18-16(19,20)10-4-9(5-11(6-10)17(21,22)23)15(25)26-8-12-7-13(27-24-12)14-2-1-3-28-14/h1-7H,8H2. The number of alkyl halides is 6. The second kappa shape index (κ2) is 7.30. The Kier molecular flexibility index (Phi) is 5.20. The molecule has 2 heterocycles. The van der Waals surface area contributed by atoms with Crippen molar-refractivity contribution < 1.29 is 40.4 Å². The van der Waals surface area contributed by atoms with Gasteiger partial charge >= 0.3 is 18.3 Å². The van der Waals surface area contributed by atoms with Gasteiger partial charge < -0.3 is 9.26 Å². The van der Waals surface area contributed by atoms with E-state index in [9.17, 15) is 31.1 Å². The van der Waals surface area contributed by atoms with Crippen LogP contribution in [0.25, 0.3) is 10.6 Å². The van der Waals surface area contributed by atoms with Crippen molar-refractivity contribution in [2.45, 2.75) is 19.0 Å². The van der Waals surface area contributed by atoms with Crippen LogP contribution in [0.4, 0.5) is 26.3 Å². The number of rotatable bonds is 4. The first kappa shape index (κ1) is 19.9. The monoisotopic (exact) mass is 421 g/mol. The number of nitrogens with zero attached hydrogens (tertiary/aromatic N) is 1. The van der Waals surface area contributed by atoms with Crippen LogP contribution in [0.1, 0.15) is 27.2 Å². The van der Waals surface area contributed by atoms with E-state index < -0.39 is 41.6 Å². The van der Waals surface area contributed by atoms with Gasteiger partial charge in [-0.15, -0.1) is 11.3 Å². The van der Waals surface area contributed by atoms with Crippen molar-refractivity contribution in [1.82, 2.24) is 5.16 Å². The molecule has 0 saturated heterocycles. The number of hydrogen-bond donors (Lipinski definition) is 0. The number of carbonyl (C=O) groups is 1. The topological polar surface area (TPSA) is 52.3 Å². The van der Waals surface area contributed by atoms with Crippen molar-refractivity contribution in [1.29, 1.82) is 0 Å². The molecule has 0 amide bonds. The van der Waals surface area contributed by atoms with Crippen LogP contribution in [0.3, 0.4) is 0 Å². The molecule has 0 fully saturated rings. The summed E-state index contributed by atoms with van der Waals surface area (Å²) < 4.78 is 86.9. The molecule has 0 saturated carbocycles. The number of aromatic nitrogens is 1. The SMILES string of the molecule is O=C(OCc1cc(-c2cccs2)on1)c1cc(C(F)(F)F)cc(C(F)(F)F)c1. The van der Waals surface area contributed by atoms with E-state index >= 15 is 0 Å². The van der Waals surface area contributed by atoms with Crippen LogP contribution in [0.15, 0.2) is 46.3 Å². The Hall–Kier alpha value is -2.82. The molecule has 0 atom stereocenters. The fraction of sp³-hybridized carbons (Fsp3) is 0.176. The van der Waals surface area contributed by atoms with Crippen LogP contribution in [0.5, 0.6) is 0 Å². The first-order chi connectivity index (χ1) is 13.0. The van der Waals surface area contributed by atoms with E-state index in [1.165, 1.54) is 17.4 Å². The molecule has 0 unspecified atom stereocenters. The molecule has 28 heavy (non-hydrogen) atoms. The van der Waals surface area contributed by atoms with Crippen molar-refractivity contribution in [3.63, 3.8) is 0 Å². The largest absolute Gasteiger partial charge is 0.455 e. The molecule has 4 nitrogen and oxygen atoms in total. The first-order valence-electron chi connectivity index (χ1n) is 7.50. The lowest BCUT2D eigenvalue weighted by Gasteiger charge is -2.13. The maximum Gasteiger partial charge on any atom is 0.416 e. The Labute approximate surface area is 157 Å². The number of carbonyl (C=O) groups excluding carboxylic acids is 1. The number of halogens is 6. The van der Waals surface area contributed by atoms with E-state index in [0.29, 0.717) is 17.9 Å². The Morgan fingerprint density at radius 1 is 1.04 bits per heavy atom. The normalized spacial score (nSPS) is 12.2. The first-order valence-corrected chi connectivity index (χ1v) is 8.38. The quantitative estimate of drug-likeness (QED) is 0.395. The lowest BCUT2D eigenvalue weighted by Crippen LogP contribution is -2.14. The van der Waals surface area contributed by atoms with Gasteiger partial charge in [0.05, 0.1) is 21.6 Å². The zero-order valence-electron chi connectivity index (χ0n) is 13.6. The van der Waals surface area contributed by atoms with Gasteiger partial charge in [0.1, 0.15) is 12.3 Å². The highest BCUT2D eigenvalue weighted by Gasteiger charge is 2.37. The molecule has 0 radical (unpaired) electrons. The predicted octanol–water partition coefficient (Wildman–Crippen LogP) is 5.80. The zero-order valence-corrected chi connectivity index (χ0v) is 14.4. The third-order valence-corrected chi connectivity index (χ3v) is 4.38. The van der Waals surface area contributed by atoms with Crippen molar-refractivity contribution in [2.75, 3.05) is 0 Å². The van der Waals surface area contributed by atoms with E-state index in [1.54, 1.807) is 17.5 Å². The Morgan fingerprint density at radius 2 is 1.68 bits per heavy atom. The van der Waals surface area contributed by atoms with E-state index in [4.69, 9.17) is 9.26 Å².